The van der Waals surface area contributed by atoms with Crippen molar-refractivity contribution in [2.75, 3.05) is 6.54 Å². The van der Waals surface area contributed by atoms with E-state index < -0.39 is 39.8 Å². The maximum atomic E-state index is 11.4. The number of unbranched alkanes of at least 4 members (excludes halogenated alkanes) is 8. The second-order valence-electron chi connectivity index (χ2n) is 7.26. The Hall–Kier alpha value is 0.240. The molecule has 0 aliphatic carbocycles. The molecule has 33 heavy (non-hydrogen) atoms. The van der Waals surface area contributed by atoms with Crippen LogP contribution in [0, 0.1) is 0 Å². The zero-order valence-corrected chi connectivity index (χ0v) is 25.1. The van der Waals surface area contributed by atoms with Gasteiger partial charge in [0.15, 0.2) is 0 Å². The van der Waals surface area contributed by atoms with E-state index >= 15 is 0 Å². The Kier molecular flexibility index (Phi) is 31.0. The summed E-state index contributed by atoms with van der Waals surface area (Å²) in [5.74, 6) is -4.06. The third-order valence-electron chi connectivity index (χ3n) is 4.11. The molecule has 14 heteroatoms. The minimum atomic E-state index is -4.94. The topological polar surface area (TPSA) is 196 Å². The third kappa shape index (κ3) is 30.2. The molecule has 0 heterocycles. The van der Waals surface area contributed by atoms with Crippen molar-refractivity contribution < 1.29 is 102 Å². The van der Waals surface area contributed by atoms with Crippen LogP contribution < -0.4 is 80.2 Å². The summed E-state index contributed by atoms with van der Waals surface area (Å²) >= 11 is 0. The molecule has 2 unspecified atom stereocenters. The fraction of sp³-hybridized carbons (Fsp3) is 0.842. The summed E-state index contributed by atoms with van der Waals surface area (Å²) in [6.45, 7) is 4.31. The summed E-state index contributed by atoms with van der Waals surface area (Å²) in [5, 5.41) is 26.3. The van der Waals surface area contributed by atoms with Crippen molar-refractivity contribution in [2.24, 2.45) is 0 Å². The van der Waals surface area contributed by atoms with Crippen LogP contribution in [0.2, 0.25) is 0 Å². The van der Waals surface area contributed by atoms with Gasteiger partial charge in [-0.3, -0.25) is 14.8 Å². The summed E-state index contributed by atoms with van der Waals surface area (Å²) in [6, 6.07) is 0. The van der Waals surface area contributed by atoms with Crippen molar-refractivity contribution in [1.82, 2.24) is 10.9 Å². The second-order valence-corrected chi connectivity index (χ2v) is 8.85. The number of carboxylic acids is 2. The van der Waals surface area contributed by atoms with Crippen LogP contribution in [-0.4, -0.2) is 53.8 Å². The SMILES string of the molecule is CCCCCCCCCCCC(=O)NNCC(C)O.O=C([O-])CC(C(=O)[O-])S(=O)(=O)O.[Na+].[Na+]. The number of hydrogen-bond donors (Lipinski definition) is 4. The standard InChI is InChI=1S/C15H32N2O2.C4H6O7S.2Na/c1-3-4-5-6-7-8-9-10-11-12-15(19)17-16-13-14(2)18;5-3(6)1-2(4(7)8)12(9,10)11;;/h14,16,18H,3-13H2,1-2H3,(H,17,19);2H,1H2,(H,5,6)(H,7,8)(H,9,10,11);;/q;;2*+1/p-2. The zero-order chi connectivity index (χ0) is 24.3. The Balaban J connectivity index is -0.000000262. The van der Waals surface area contributed by atoms with Crippen molar-refractivity contribution in [1.29, 1.82) is 0 Å². The number of carbonyl (C=O) groups is 3. The van der Waals surface area contributed by atoms with Crippen LogP contribution in [0.4, 0.5) is 0 Å². The third-order valence-corrected chi connectivity index (χ3v) is 5.19. The molecular formula is C19H36N2Na2O9S. The van der Waals surface area contributed by atoms with Gasteiger partial charge in [-0.1, -0.05) is 58.3 Å². The number of nitrogens with one attached hydrogen (secondary N) is 2. The largest absolute Gasteiger partial charge is 1.00 e. The molecular weight excluding hydrogens is 478 g/mol. The Morgan fingerprint density at radius 2 is 1.36 bits per heavy atom. The minimum absolute atomic E-state index is 0. The van der Waals surface area contributed by atoms with Crippen LogP contribution in [0.1, 0.15) is 84.5 Å². The first-order valence-electron chi connectivity index (χ1n) is 10.5. The van der Waals surface area contributed by atoms with Gasteiger partial charge in [0.1, 0.15) is 5.25 Å². The van der Waals surface area contributed by atoms with Gasteiger partial charge in [-0.15, -0.1) is 0 Å². The number of rotatable bonds is 17. The van der Waals surface area contributed by atoms with Gasteiger partial charge >= 0.3 is 59.1 Å². The zero-order valence-electron chi connectivity index (χ0n) is 20.3. The molecule has 0 aliphatic heterocycles. The number of aliphatic carboxylic acids is 2. The molecule has 0 spiro atoms. The van der Waals surface area contributed by atoms with E-state index in [9.17, 15) is 33.0 Å². The van der Waals surface area contributed by atoms with Gasteiger partial charge in [0.05, 0.1) is 12.1 Å². The van der Waals surface area contributed by atoms with Crippen LogP contribution in [0.15, 0.2) is 0 Å². The molecule has 0 saturated carbocycles. The van der Waals surface area contributed by atoms with Crippen molar-refractivity contribution in [3.63, 3.8) is 0 Å². The fourth-order valence-corrected chi connectivity index (χ4v) is 3.01. The molecule has 0 bridgehead atoms. The maximum absolute atomic E-state index is 11.4. The maximum Gasteiger partial charge on any atom is 1.00 e. The monoisotopic (exact) mass is 514 g/mol. The average Bonchev–Trinajstić information content (AvgIpc) is 2.64. The molecule has 184 valence electrons. The molecule has 2 atom stereocenters. The molecule has 0 aromatic heterocycles. The van der Waals surface area contributed by atoms with Crippen molar-refractivity contribution in [3.05, 3.63) is 0 Å². The summed E-state index contributed by atoms with van der Waals surface area (Å²) in [6.07, 6.45) is 10.2. The molecule has 0 fully saturated rings. The van der Waals surface area contributed by atoms with E-state index in [1.807, 2.05) is 0 Å². The van der Waals surface area contributed by atoms with Gasteiger partial charge in [0, 0.05) is 25.4 Å². The number of aliphatic hydroxyl groups is 1. The molecule has 4 N–H and O–H groups in total. The van der Waals surface area contributed by atoms with E-state index in [1.54, 1.807) is 6.92 Å². The van der Waals surface area contributed by atoms with Crippen LogP contribution in [0.5, 0.6) is 0 Å². The summed E-state index contributed by atoms with van der Waals surface area (Å²) in [5.41, 5.74) is 5.31. The summed E-state index contributed by atoms with van der Waals surface area (Å²) in [4.78, 5) is 31.1. The first kappa shape index (κ1) is 40.4. The number of aliphatic hydroxyl groups excluding tert-OH is 1. The molecule has 0 aromatic rings. The van der Waals surface area contributed by atoms with E-state index in [2.05, 4.69) is 17.8 Å². The normalized spacial score (nSPS) is 12.1. The van der Waals surface area contributed by atoms with E-state index in [4.69, 9.17) is 9.66 Å². The van der Waals surface area contributed by atoms with Gasteiger partial charge < -0.3 is 24.9 Å². The van der Waals surface area contributed by atoms with Crippen LogP contribution in [0.3, 0.4) is 0 Å². The predicted molar refractivity (Wildman–Crippen MR) is 110 cm³/mol. The Bertz CT molecular complexity index is 620. The Labute approximate surface area is 241 Å². The van der Waals surface area contributed by atoms with E-state index in [-0.39, 0.29) is 65.0 Å². The molecule has 0 rings (SSSR count). The second kappa shape index (κ2) is 25.3. The predicted octanol–water partition coefficient (Wildman–Crippen LogP) is -6.95. The molecule has 11 nitrogen and oxygen atoms in total. The smallest absolute Gasteiger partial charge is 0.550 e. The van der Waals surface area contributed by atoms with Gasteiger partial charge in [0.2, 0.25) is 5.91 Å². The van der Waals surface area contributed by atoms with E-state index in [1.165, 1.54) is 44.9 Å². The first-order chi connectivity index (χ1) is 14.4. The fourth-order valence-electron chi connectivity index (χ4n) is 2.42. The van der Waals surface area contributed by atoms with Crippen molar-refractivity contribution in [3.8, 4) is 0 Å². The number of carbonyl (C=O) groups excluding carboxylic acids is 3. The Morgan fingerprint density at radius 3 is 1.70 bits per heavy atom. The van der Waals surface area contributed by atoms with Gasteiger partial charge in [-0.25, -0.2) is 5.43 Å². The Morgan fingerprint density at radius 1 is 0.909 bits per heavy atom. The minimum Gasteiger partial charge on any atom is -0.550 e. The van der Waals surface area contributed by atoms with E-state index in [0.29, 0.717) is 13.0 Å². The molecule has 0 aliphatic rings. The molecule has 0 saturated heterocycles. The molecule has 0 radical (unpaired) electrons. The molecule has 1 amide bonds. The van der Waals surface area contributed by atoms with Gasteiger partial charge in [-0.05, 0) is 13.3 Å². The number of carboxylic acid groups (broad SMARTS) is 2. The van der Waals surface area contributed by atoms with Crippen molar-refractivity contribution >= 4 is 28.0 Å². The molecule has 0 aromatic carbocycles. The van der Waals surface area contributed by atoms with Crippen LogP contribution in [0.25, 0.3) is 0 Å². The van der Waals surface area contributed by atoms with Gasteiger partial charge in [-0.2, -0.15) is 8.42 Å². The number of hydrazine groups is 1. The number of hydrogen-bond acceptors (Lipinski definition) is 9. The number of amides is 1. The quantitative estimate of drug-likeness (QED) is 0.0626. The first-order valence-corrected chi connectivity index (χ1v) is 12.0. The average molecular weight is 515 g/mol. The summed E-state index contributed by atoms with van der Waals surface area (Å²) in [7, 11) is -4.94. The van der Waals surface area contributed by atoms with Crippen LogP contribution in [-0.2, 0) is 24.5 Å². The van der Waals surface area contributed by atoms with E-state index in [0.717, 1.165) is 12.8 Å². The summed E-state index contributed by atoms with van der Waals surface area (Å²) < 4.78 is 28.5. The van der Waals surface area contributed by atoms with Gasteiger partial charge in [0.25, 0.3) is 10.1 Å². The van der Waals surface area contributed by atoms with Crippen LogP contribution >= 0.6 is 0 Å². The van der Waals surface area contributed by atoms with Crippen molar-refractivity contribution in [2.45, 2.75) is 95.8 Å².